The summed E-state index contributed by atoms with van der Waals surface area (Å²) in [5, 5.41) is 2.73. The predicted octanol–water partition coefficient (Wildman–Crippen LogP) is 4.08. The molecule has 0 atom stereocenters. The molecule has 4 heteroatoms. The van der Waals surface area contributed by atoms with E-state index in [9.17, 15) is 4.79 Å². The lowest BCUT2D eigenvalue weighted by molar-refractivity contribution is -0.129. The summed E-state index contributed by atoms with van der Waals surface area (Å²) in [5.41, 5.74) is 3.89. The normalized spacial score (nSPS) is 15.2. The molecule has 1 aromatic carbocycles. The van der Waals surface area contributed by atoms with Crippen LogP contribution < -0.4 is 10.1 Å². The molecule has 0 aromatic heterocycles. The molecule has 1 aliphatic rings. The highest BCUT2D eigenvalue weighted by atomic mass is 16.5. The molecule has 0 aliphatic carbocycles. The van der Waals surface area contributed by atoms with Crippen molar-refractivity contribution in [3.8, 4) is 5.75 Å². The SMILES string of the molecule is CNC(=O)C1CN(Cc2ccc(OCCCCCC(C)C)c(C)c2C)C1. The number of amides is 1. The van der Waals surface area contributed by atoms with E-state index < -0.39 is 0 Å². The summed E-state index contributed by atoms with van der Waals surface area (Å²) in [6.45, 7) is 12.3. The maximum atomic E-state index is 11.6. The Bertz CT molecular complexity index is 592. The lowest BCUT2D eigenvalue weighted by atomic mass is 9.96. The first-order valence-electron chi connectivity index (χ1n) is 10.1. The summed E-state index contributed by atoms with van der Waals surface area (Å²) in [6.07, 6.45) is 4.98. The topological polar surface area (TPSA) is 41.6 Å². The van der Waals surface area contributed by atoms with Crippen LogP contribution in [0.25, 0.3) is 0 Å². The zero-order valence-corrected chi connectivity index (χ0v) is 17.2. The Morgan fingerprint density at radius 3 is 2.58 bits per heavy atom. The van der Waals surface area contributed by atoms with Gasteiger partial charge in [0.05, 0.1) is 12.5 Å². The Hall–Kier alpha value is -1.55. The van der Waals surface area contributed by atoms with Crippen molar-refractivity contribution >= 4 is 5.91 Å². The van der Waals surface area contributed by atoms with Crippen LogP contribution in [0.3, 0.4) is 0 Å². The molecule has 26 heavy (non-hydrogen) atoms. The Labute approximate surface area is 159 Å². The van der Waals surface area contributed by atoms with E-state index in [1.54, 1.807) is 7.05 Å². The van der Waals surface area contributed by atoms with Crippen LogP contribution in [0.1, 0.15) is 56.2 Å². The van der Waals surface area contributed by atoms with Crippen molar-refractivity contribution in [2.24, 2.45) is 11.8 Å². The molecule has 1 fully saturated rings. The molecule has 1 aliphatic heterocycles. The maximum absolute atomic E-state index is 11.6. The third-order valence-corrected chi connectivity index (χ3v) is 5.50. The first-order valence-corrected chi connectivity index (χ1v) is 10.1. The number of hydrogen-bond acceptors (Lipinski definition) is 3. The number of likely N-dealkylation sites (tertiary alicyclic amines) is 1. The van der Waals surface area contributed by atoms with Gasteiger partial charge >= 0.3 is 0 Å². The molecule has 1 N–H and O–H groups in total. The average Bonchev–Trinajstić information content (AvgIpc) is 2.58. The number of ether oxygens (including phenoxy) is 1. The second kappa shape index (κ2) is 9.96. The van der Waals surface area contributed by atoms with Crippen LogP contribution in [-0.2, 0) is 11.3 Å². The van der Waals surface area contributed by atoms with Gasteiger partial charge in [-0.2, -0.15) is 0 Å². The smallest absolute Gasteiger partial charge is 0.225 e. The van der Waals surface area contributed by atoms with Gasteiger partial charge in [-0.3, -0.25) is 9.69 Å². The summed E-state index contributed by atoms with van der Waals surface area (Å²) in [6, 6.07) is 4.30. The Morgan fingerprint density at radius 1 is 1.19 bits per heavy atom. The molecule has 1 aromatic rings. The van der Waals surface area contributed by atoms with E-state index in [0.29, 0.717) is 0 Å². The van der Waals surface area contributed by atoms with Gasteiger partial charge in [0, 0.05) is 26.7 Å². The Kier molecular flexibility index (Phi) is 7.95. The van der Waals surface area contributed by atoms with E-state index in [2.05, 4.69) is 50.0 Å². The quantitative estimate of drug-likeness (QED) is 0.639. The minimum Gasteiger partial charge on any atom is -0.493 e. The second-order valence-corrected chi connectivity index (χ2v) is 8.07. The van der Waals surface area contributed by atoms with Crippen molar-refractivity contribution in [2.75, 3.05) is 26.7 Å². The van der Waals surface area contributed by atoms with E-state index in [-0.39, 0.29) is 11.8 Å². The van der Waals surface area contributed by atoms with Gasteiger partial charge in [0.2, 0.25) is 5.91 Å². The number of carbonyl (C=O) groups excluding carboxylic acids is 1. The molecule has 0 radical (unpaired) electrons. The van der Waals surface area contributed by atoms with E-state index >= 15 is 0 Å². The van der Waals surface area contributed by atoms with E-state index in [1.165, 1.54) is 36.0 Å². The van der Waals surface area contributed by atoms with Crippen molar-refractivity contribution in [1.29, 1.82) is 0 Å². The molecule has 1 saturated heterocycles. The fraction of sp³-hybridized carbons (Fsp3) is 0.682. The molecule has 0 saturated carbocycles. The van der Waals surface area contributed by atoms with Gasteiger partial charge in [-0.25, -0.2) is 0 Å². The fourth-order valence-corrected chi connectivity index (χ4v) is 3.50. The highest BCUT2D eigenvalue weighted by Gasteiger charge is 2.32. The molecule has 146 valence electrons. The van der Waals surface area contributed by atoms with Crippen molar-refractivity contribution in [3.63, 3.8) is 0 Å². The lowest BCUT2D eigenvalue weighted by Gasteiger charge is -2.38. The number of unbranched alkanes of at least 4 members (excludes halogenated alkanes) is 2. The minimum absolute atomic E-state index is 0.153. The van der Waals surface area contributed by atoms with Crippen molar-refractivity contribution in [2.45, 2.75) is 59.9 Å². The van der Waals surface area contributed by atoms with Crippen LogP contribution in [0.15, 0.2) is 12.1 Å². The van der Waals surface area contributed by atoms with Crippen molar-refractivity contribution in [3.05, 3.63) is 28.8 Å². The number of carbonyl (C=O) groups is 1. The molecule has 0 unspecified atom stereocenters. The number of nitrogens with one attached hydrogen (secondary N) is 1. The predicted molar refractivity (Wildman–Crippen MR) is 108 cm³/mol. The van der Waals surface area contributed by atoms with Gasteiger partial charge < -0.3 is 10.1 Å². The van der Waals surface area contributed by atoms with E-state index in [1.807, 2.05) is 0 Å². The second-order valence-electron chi connectivity index (χ2n) is 8.07. The summed E-state index contributed by atoms with van der Waals surface area (Å²) < 4.78 is 6.02. The summed E-state index contributed by atoms with van der Waals surface area (Å²) in [4.78, 5) is 13.9. The Balaban J connectivity index is 1.78. The third kappa shape index (κ3) is 5.73. The standard InChI is InChI=1S/C22H36N2O2/c1-16(2)9-7-6-8-12-26-21-11-10-19(17(3)18(21)4)13-24-14-20(15-24)22(25)23-5/h10-11,16,20H,6-9,12-15H2,1-5H3,(H,23,25). The molecule has 1 heterocycles. The van der Waals surface area contributed by atoms with Crippen LogP contribution in [0.2, 0.25) is 0 Å². The highest BCUT2D eigenvalue weighted by Crippen LogP contribution is 2.27. The van der Waals surface area contributed by atoms with E-state index in [0.717, 1.165) is 44.3 Å². The van der Waals surface area contributed by atoms with Gasteiger partial charge in [0.15, 0.2) is 0 Å². The molecule has 0 spiro atoms. The first-order chi connectivity index (χ1) is 12.4. The van der Waals surface area contributed by atoms with Gasteiger partial charge in [0.1, 0.15) is 5.75 Å². The van der Waals surface area contributed by atoms with Crippen molar-refractivity contribution in [1.82, 2.24) is 10.2 Å². The third-order valence-electron chi connectivity index (χ3n) is 5.50. The zero-order valence-electron chi connectivity index (χ0n) is 17.2. The van der Waals surface area contributed by atoms with Crippen LogP contribution in [0.5, 0.6) is 5.75 Å². The van der Waals surface area contributed by atoms with Crippen LogP contribution in [0.4, 0.5) is 0 Å². The molecular formula is C22H36N2O2. The maximum Gasteiger partial charge on any atom is 0.225 e. The van der Waals surface area contributed by atoms with Crippen LogP contribution in [0, 0.1) is 25.7 Å². The average molecular weight is 361 g/mol. The molecular weight excluding hydrogens is 324 g/mol. The zero-order chi connectivity index (χ0) is 19.1. The number of nitrogens with zero attached hydrogens (tertiary/aromatic N) is 1. The lowest BCUT2D eigenvalue weighted by Crippen LogP contribution is -2.52. The molecule has 1 amide bonds. The van der Waals surface area contributed by atoms with Gasteiger partial charge in [-0.05, 0) is 48.9 Å². The monoisotopic (exact) mass is 360 g/mol. The fourth-order valence-electron chi connectivity index (χ4n) is 3.50. The summed E-state index contributed by atoms with van der Waals surface area (Å²) in [5.74, 6) is 2.12. The number of benzene rings is 1. The molecule has 2 rings (SSSR count). The van der Waals surface area contributed by atoms with Gasteiger partial charge in [0.25, 0.3) is 0 Å². The van der Waals surface area contributed by atoms with Crippen LogP contribution >= 0.6 is 0 Å². The number of rotatable bonds is 10. The van der Waals surface area contributed by atoms with Gasteiger partial charge in [-0.15, -0.1) is 0 Å². The van der Waals surface area contributed by atoms with Gasteiger partial charge in [-0.1, -0.05) is 39.2 Å². The molecule has 4 nitrogen and oxygen atoms in total. The largest absolute Gasteiger partial charge is 0.493 e. The number of hydrogen-bond donors (Lipinski definition) is 1. The summed E-state index contributed by atoms with van der Waals surface area (Å²) in [7, 11) is 1.71. The highest BCUT2D eigenvalue weighted by molar-refractivity contribution is 5.79. The summed E-state index contributed by atoms with van der Waals surface area (Å²) >= 11 is 0. The Morgan fingerprint density at radius 2 is 1.92 bits per heavy atom. The van der Waals surface area contributed by atoms with Crippen LogP contribution in [-0.4, -0.2) is 37.6 Å². The molecule has 0 bridgehead atoms. The first kappa shape index (κ1) is 20.8. The van der Waals surface area contributed by atoms with E-state index in [4.69, 9.17) is 4.74 Å². The minimum atomic E-state index is 0.153. The van der Waals surface area contributed by atoms with Crippen molar-refractivity contribution < 1.29 is 9.53 Å².